The third kappa shape index (κ3) is 2.87. The maximum Gasteiger partial charge on any atom is 0.256 e. The number of hydrogen-bond donors (Lipinski definition) is 1. The highest BCUT2D eigenvalue weighted by molar-refractivity contribution is 5.98. The molecule has 1 saturated heterocycles. The molecule has 2 fully saturated rings. The van der Waals surface area contributed by atoms with Crippen molar-refractivity contribution in [3.05, 3.63) is 24.0 Å². The molecule has 1 aromatic rings. The summed E-state index contributed by atoms with van der Waals surface area (Å²) in [6.07, 6.45) is 5.92. The second-order valence-corrected chi connectivity index (χ2v) is 5.50. The summed E-state index contributed by atoms with van der Waals surface area (Å²) in [7, 11) is 0. The molecule has 5 heteroatoms. The van der Waals surface area contributed by atoms with Crippen molar-refractivity contribution in [3.8, 4) is 0 Å². The summed E-state index contributed by atoms with van der Waals surface area (Å²) in [5, 5.41) is 0. The molecule has 0 radical (unpaired) electrons. The minimum absolute atomic E-state index is 0.0333. The van der Waals surface area contributed by atoms with Gasteiger partial charge in [-0.2, -0.15) is 0 Å². The smallest absolute Gasteiger partial charge is 0.256 e. The molecular weight excluding hydrogens is 240 g/mol. The molecule has 1 amide bonds. The minimum atomic E-state index is 0.0333. The lowest BCUT2D eigenvalue weighted by Crippen LogP contribution is -2.49. The molecule has 1 aliphatic heterocycles. The molecule has 0 atom stereocenters. The van der Waals surface area contributed by atoms with Crippen molar-refractivity contribution in [1.82, 2.24) is 14.8 Å². The van der Waals surface area contributed by atoms with Gasteiger partial charge in [-0.3, -0.25) is 14.7 Å². The molecule has 0 spiro atoms. The number of amides is 1. The summed E-state index contributed by atoms with van der Waals surface area (Å²) in [4.78, 5) is 20.6. The predicted molar refractivity (Wildman–Crippen MR) is 73.7 cm³/mol. The fourth-order valence-corrected chi connectivity index (χ4v) is 2.57. The number of piperazine rings is 1. The van der Waals surface area contributed by atoms with Gasteiger partial charge in [-0.15, -0.1) is 0 Å². The zero-order valence-electron chi connectivity index (χ0n) is 11.1. The van der Waals surface area contributed by atoms with Crippen molar-refractivity contribution >= 4 is 11.6 Å². The Hall–Kier alpha value is -1.62. The van der Waals surface area contributed by atoms with Crippen LogP contribution < -0.4 is 5.73 Å². The van der Waals surface area contributed by atoms with Crippen LogP contribution in [0.5, 0.6) is 0 Å². The number of hydrogen-bond acceptors (Lipinski definition) is 4. The Bertz CT molecular complexity index is 464. The molecule has 1 aliphatic carbocycles. The van der Waals surface area contributed by atoms with E-state index in [2.05, 4.69) is 9.88 Å². The molecule has 19 heavy (non-hydrogen) atoms. The first-order valence-electron chi connectivity index (χ1n) is 6.95. The van der Waals surface area contributed by atoms with E-state index >= 15 is 0 Å². The first-order valence-corrected chi connectivity index (χ1v) is 6.95. The highest BCUT2D eigenvalue weighted by Crippen LogP contribution is 2.30. The number of aromatic nitrogens is 1. The number of carbonyl (C=O) groups is 1. The standard InChI is InChI=1S/C14H20N4O/c15-13-9-16-4-3-12(13)14(19)18-7-5-17(6-8-18)10-11-1-2-11/h3-4,9,11H,1-2,5-8,10,15H2. The van der Waals surface area contributed by atoms with Gasteiger partial charge in [-0.05, 0) is 24.8 Å². The Labute approximate surface area is 113 Å². The Morgan fingerprint density at radius 2 is 2.05 bits per heavy atom. The Morgan fingerprint density at radius 1 is 1.32 bits per heavy atom. The molecule has 2 N–H and O–H groups in total. The summed E-state index contributed by atoms with van der Waals surface area (Å²) in [5.74, 6) is 0.948. The van der Waals surface area contributed by atoms with Crippen LogP contribution in [0, 0.1) is 5.92 Å². The van der Waals surface area contributed by atoms with E-state index in [1.54, 1.807) is 12.3 Å². The normalized spacial score (nSPS) is 20.5. The molecule has 3 rings (SSSR count). The largest absolute Gasteiger partial charge is 0.397 e. The molecule has 0 bridgehead atoms. The molecule has 5 nitrogen and oxygen atoms in total. The van der Waals surface area contributed by atoms with Gasteiger partial charge >= 0.3 is 0 Å². The average Bonchev–Trinajstić information content (AvgIpc) is 3.23. The minimum Gasteiger partial charge on any atom is -0.397 e. The number of rotatable bonds is 3. The van der Waals surface area contributed by atoms with Gasteiger partial charge in [0.2, 0.25) is 0 Å². The number of anilines is 1. The summed E-state index contributed by atoms with van der Waals surface area (Å²) in [6.45, 7) is 4.76. The lowest BCUT2D eigenvalue weighted by atomic mass is 10.2. The van der Waals surface area contributed by atoms with Crippen LogP contribution in [0.25, 0.3) is 0 Å². The lowest BCUT2D eigenvalue weighted by Gasteiger charge is -2.35. The van der Waals surface area contributed by atoms with Gasteiger partial charge in [-0.1, -0.05) is 0 Å². The van der Waals surface area contributed by atoms with Gasteiger partial charge in [0.05, 0.1) is 17.4 Å². The number of pyridine rings is 1. The molecular formula is C14H20N4O. The number of carbonyl (C=O) groups excluding carboxylic acids is 1. The molecule has 2 heterocycles. The predicted octanol–water partition coefficient (Wildman–Crippen LogP) is 0.832. The second-order valence-electron chi connectivity index (χ2n) is 5.50. The third-order valence-corrected chi connectivity index (χ3v) is 3.96. The molecule has 0 unspecified atom stereocenters. The summed E-state index contributed by atoms with van der Waals surface area (Å²) in [5.41, 5.74) is 6.85. The van der Waals surface area contributed by atoms with Gasteiger partial charge < -0.3 is 10.6 Å². The van der Waals surface area contributed by atoms with Crippen LogP contribution in [-0.4, -0.2) is 53.4 Å². The van der Waals surface area contributed by atoms with E-state index in [-0.39, 0.29) is 5.91 Å². The van der Waals surface area contributed by atoms with Crippen LogP contribution >= 0.6 is 0 Å². The van der Waals surface area contributed by atoms with E-state index in [9.17, 15) is 4.79 Å². The third-order valence-electron chi connectivity index (χ3n) is 3.96. The summed E-state index contributed by atoms with van der Waals surface area (Å²) in [6, 6.07) is 1.70. The van der Waals surface area contributed by atoms with Crippen LogP contribution in [0.1, 0.15) is 23.2 Å². The zero-order valence-corrected chi connectivity index (χ0v) is 11.1. The first-order chi connectivity index (χ1) is 9.24. The van der Waals surface area contributed by atoms with Crippen LogP contribution in [0.4, 0.5) is 5.69 Å². The maximum absolute atomic E-state index is 12.4. The molecule has 2 aliphatic rings. The Morgan fingerprint density at radius 3 is 2.68 bits per heavy atom. The fraction of sp³-hybridized carbons (Fsp3) is 0.571. The van der Waals surface area contributed by atoms with E-state index in [4.69, 9.17) is 5.73 Å². The van der Waals surface area contributed by atoms with E-state index in [1.165, 1.54) is 25.6 Å². The van der Waals surface area contributed by atoms with Crippen molar-refractivity contribution < 1.29 is 4.79 Å². The van der Waals surface area contributed by atoms with E-state index in [1.807, 2.05) is 4.90 Å². The van der Waals surface area contributed by atoms with Gasteiger partial charge in [0.25, 0.3) is 5.91 Å². The van der Waals surface area contributed by atoms with Crippen LogP contribution in [0.15, 0.2) is 18.5 Å². The molecule has 102 valence electrons. The molecule has 1 saturated carbocycles. The van der Waals surface area contributed by atoms with E-state index in [0.717, 1.165) is 32.1 Å². The van der Waals surface area contributed by atoms with E-state index in [0.29, 0.717) is 11.3 Å². The number of nitrogens with zero attached hydrogens (tertiary/aromatic N) is 3. The molecule has 1 aromatic heterocycles. The monoisotopic (exact) mass is 260 g/mol. The van der Waals surface area contributed by atoms with Crippen LogP contribution in [0.3, 0.4) is 0 Å². The Balaban J connectivity index is 1.58. The first kappa shape index (κ1) is 12.4. The summed E-state index contributed by atoms with van der Waals surface area (Å²) >= 11 is 0. The highest BCUT2D eigenvalue weighted by Gasteiger charge is 2.28. The van der Waals surface area contributed by atoms with Crippen molar-refractivity contribution in [2.45, 2.75) is 12.8 Å². The zero-order chi connectivity index (χ0) is 13.2. The van der Waals surface area contributed by atoms with Crippen LogP contribution in [0.2, 0.25) is 0 Å². The quantitative estimate of drug-likeness (QED) is 0.874. The fourth-order valence-electron chi connectivity index (χ4n) is 2.57. The van der Waals surface area contributed by atoms with Gasteiger partial charge in [-0.25, -0.2) is 0 Å². The second kappa shape index (κ2) is 5.17. The Kier molecular flexibility index (Phi) is 3.38. The van der Waals surface area contributed by atoms with Crippen LogP contribution in [-0.2, 0) is 0 Å². The van der Waals surface area contributed by atoms with Crippen molar-refractivity contribution in [1.29, 1.82) is 0 Å². The number of nitrogen functional groups attached to an aromatic ring is 1. The topological polar surface area (TPSA) is 62.5 Å². The average molecular weight is 260 g/mol. The maximum atomic E-state index is 12.4. The van der Waals surface area contributed by atoms with Gasteiger partial charge in [0.15, 0.2) is 0 Å². The van der Waals surface area contributed by atoms with Crippen molar-refractivity contribution in [2.24, 2.45) is 5.92 Å². The highest BCUT2D eigenvalue weighted by atomic mass is 16.2. The lowest BCUT2D eigenvalue weighted by molar-refractivity contribution is 0.0633. The van der Waals surface area contributed by atoms with Crippen molar-refractivity contribution in [3.63, 3.8) is 0 Å². The van der Waals surface area contributed by atoms with E-state index < -0.39 is 0 Å². The molecule has 0 aromatic carbocycles. The SMILES string of the molecule is Nc1cnccc1C(=O)N1CCN(CC2CC2)CC1. The van der Waals surface area contributed by atoms with Crippen molar-refractivity contribution in [2.75, 3.05) is 38.5 Å². The number of nitrogens with two attached hydrogens (primary N) is 1. The van der Waals surface area contributed by atoms with Gasteiger partial charge in [0.1, 0.15) is 0 Å². The summed E-state index contributed by atoms with van der Waals surface area (Å²) < 4.78 is 0. The van der Waals surface area contributed by atoms with Gasteiger partial charge in [0, 0.05) is 38.9 Å².